The minimum atomic E-state index is -3.85. The van der Waals surface area contributed by atoms with E-state index in [2.05, 4.69) is 19.1 Å². The van der Waals surface area contributed by atoms with Crippen LogP contribution < -0.4 is 10.5 Å². The average Bonchev–Trinajstić information content (AvgIpc) is 2.39. The summed E-state index contributed by atoms with van der Waals surface area (Å²) in [5, 5.41) is 0. The third-order valence-corrected chi connectivity index (χ3v) is 3.69. The predicted molar refractivity (Wildman–Crippen MR) is 75.5 cm³/mol. The van der Waals surface area contributed by atoms with Gasteiger partial charge >= 0.3 is 10.2 Å². The Labute approximate surface area is 115 Å². The van der Waals surface area contributed by atoms with E-state index in [0.717, 1.165) is 5.56 Å². The van der Waals surface area contributed by atoms with Crippen molar-refractivity contribution in [3.05, 3.63) is 41.7 Å². The van der Waals surface area contributed by atoms with Crippen LogP contribution in [0.1, 0.15) is 11.4 Å². The van der Waals surface area contributed by atoms with Gasteiger partial charge < -0.3 is 5.73 Å². The highest BCUT2D eigenvalue weighted by Gasteiger charge is 2.25. The summed E-state index contributed by atoms with van der Waals surface area (Å²) >= 11 is 0. The summed E-state index contributed by atoms with van der Waals surface area (Å²) in [7, 11) is -3.85. The van der Waals surface area contributed by atoms with Crippen molar-refractivity contribution in [1.29, 1.82) is 0 Å². The first-order chi connectivity index (χ1) is 9.46. The molecule has 0 radical (unpaired) electrons. The summed E-state index contributed by atoms with van der Waals surface area (Å²) in [6, 6.07) is 9.38. The maximum Gasteiger partial charge on any atom is 0.345 e. The molecule has 2 aromatic rings. The molecule has 1 aromatic heterocycles. The lowest BCUT2D eigenvalue weighted by Crippen LogP contribution is -2.28. The van der Waals surface area contributed by atoms with Crippen LogP contribution in [0.3, 0.4) is 0 Å². The van der Waals surface area contributed by atoms with Gasteiger partial charge in [0.15, 0.2) is 11.7 Å². The number of hydrogen-bond donors (Lipinski definition) is 2. The SMILES string of the molecule is Cc1nc2c(nc1-c1ccccc1)NS(=O)(=O)N=C2N. The molecule has 0 fully saturated rings. The number of fused-ring (bicyclic) bond motifs is 1. The number of hydrogen-bond acceptors (Lipinski definition) is 5. The van der Waals surface area contributed by atoms with Crippen molar-refractivity contribution in [2.75, 3.05) is 4.72 Å². The molecule has 0 unspecified atom stereocenters. The molecular formula is C12H11N5O2S. The highest BCUT2D eigenvalue weighted by molar-refractivity contribution is 7.91. The number of amidine groups is 1. The maximum absolute atomic E-state index is 11.5. The molecule has 0 amide bonds. The quantitative estimate of drug-likeness (QED) is 0.807. The number of benzene rings is 1. The van der Waals surface area contributed by atoms with Gasteiger partial charge in [-0.2, -0.15) is 8.42 Å². The molecule has 1 aliphatic heterocycles. The lowest BCUT2D eigenvalue weighted by Gasteiger charge is -2.16. The Morgan fingerprint density at radius 1 is 1.10 bits per heavy atom. The number of nitrogens with one attached hydrogen (secondary N) is 1. The second-order valence-electron chi connectivity index (χ2n) is 4.27. The molecule has 3 rings (SSSR count). The predicted octanol–water partition coefficient (Wildman–Crippen LogP) is 0.828. The zero-order valence-corrected chi connectivity index (χ0v) is 11.3. The Kier molecular flexibility index (Phi) is 2.68. The second-order valence-corrected chi connectivity index (χ2v) is 5.61. The highest BCUT2D eigenvalue weighted by atomic mass is 32.2. The van der Waals surface area contributed by atoms with E-state index in [1.54, 1.807) is 6.92 Å². The Balaban J connectivity index is 2.22. The lowest BCUT2D eigenvalue weighted by atomic mass is 10.1. The van der Waals surface area contributed by atoms with E-state index in [0.29, 0.717) is 11.4 Å². The molecule has 0 atom stereocenters. The lowest BCUT2D eigenvalue weighted by molar-refractivity contribution is 0.602. The second kappa shape index (κ2) is 4.27. The molecule has 1 aromatic carbocycles. The van der Waals surface area contributed by atoms with Crippen LogP contribution in [0.4, 0.5) is 5.82 Å². The summed E-state index contributed by atoms with van der Waals surface area (Å²) in [6.07, 6.45) is 0. The molecule has 7 nitrogen and oxygen atoms in total. The van der Waals surface area contributed by atoms with Crippen molar-refractivity contribution in [2.24, 2.45) is 10.1 Å². The van der Waals surface area contributed by atoms with E-state index >= 15 is 0 Å². The van der Waals surface area contributed by atoms with Crippen molar-refractivity contribution in [3.63, 3.8) is 0 Å². The first kappa shape index (κ1) is 12.5. The summed E-state index contributed by atoms with van der Waals surface area (Å²) in [5.74, 6) is -0.0593. The standard InChI is InChI=1S/C12H11N5O2S/c1-7-9(8-5-3-2-4-6-8)15-12-10(14-7)11(13)16-20(18,19)17-12/h2-6H,1H3,(H2,13,16)(H,15,17). The van der Waals surface area contributed by atoms with Crippen molar-refractivity contribution in [3.8, 4) is 11.3 Å². The van der Waals surface area contributed by atoms with Gasteiger partial charge in [0.05, 0.1) is 11.4 Å². The van der Waals surface area contributed by atoms with E-state index in [1.807, 2.05) is 30.3 Å². The van der Waals surface area contributed by atoms with Crippen molar-refractivity contribution in [1.82, 2.24) is 9.97 Å². The number of nitrogens with zero attached hydrogens (tertiary/aromatic N) is 3. The van der Waals surface area contributed by atoms with Gasteiger partial charge in [-0.15, -0.1) is 4.40 Å². The molecule has 0 bridgehead atoms. The molecule has 8 heteroatoms. The average molecular weight is 289 g/mol. The summed E-state index contributed by atoms with van der Waals surface area (Å²) in [5.41, 5.74) is 7.95. The first-order valence-corrected chi connectivity index (χ1v) is 7.23. The Morgan fingerprint density at radius 3 is 2.50 bits per heavy atom. The van der Waals surface area contributed by atoms with Crippen LogP contribution in [0.25, 0.3) is 11.3 Å². The Hall–Kier alpha value is -2.48. The molecule has 0 spiro atoms. The summed E-state index contributed by atoms with van der Waals surface area (Å²) < 4.78 is 28.6. The highest BCUT2D eigenvalue weighted by Crippen LogP contribution is 2.25. The summed E-state index contributed by atoms with van der Waals surface area (Å²) in [6.45, 7) is 1.78. The molecule has 3 N–H and O–H groups in total. The van der Waals surface area contributed by atoms with Gasteiger partial charge in [-0.1, -0.05) is 30.3 Å². The smallest absolute Gasteiger partial charge is 0.345 e. The normalized spacial score (nSPS) is 15.9. The molecular weight excluding hydrogens is 278 g/mol. The minimum Gasteiger partial charge on any atom is -0.381 e. The monoisotopic (exact) mass is 289 g/mol. The largest absolute Gasteiger partial charge is 0.381 e. The fourth-order valence-corrected chi connectivity index (χ4v) is 2.73. The van der Waals surface area contributed by atoms with Gasteiger partial charge in [0, 0.05) is 5.56 Å². The number of rotatable bonds is 1. The molecule has 20 heavy (non-hydrogen) atoms. The minimum absolute atomic E-state index is 0.0990. The molecule has 0 saturated carbocycles. The number of aryl methyl sites for hydroxylation is 1. The van der Waals surface area contributed by atoms with Crippen molar-refractivity contribution < 1.29 is 8.42 Å². The first-order valence-electron chi connectivity index (χ1n) is 5.79. The number of nitrogens with two attached hydrogens (primary N) is 1. The van der Waals surface area contributed by atoms with Crippen LogP contribution in [-0.2, 0) is 10.2 Å². The topological polar surface area (TPSA) is 110 Å². The number of aromatic nitrogens is 2. The molecule has 1 aliphatic rings. The molecule has 2 heterocycles. The van der Waals surface area contributed by atoms with E-state index in [4.69, 9.17) is 5.73 Å². The third kappa shape index (κ3) is 2.10. The van der Waals surface area contributed by atoms with Crippen LogP contribution in [0.2, 0.25) is 0 Å². The molecule has 102 valence electrons. The van der Waals surface area contributed by atoms with Crippen LogP contribution in [0.15, 0.2) is 34.7 Å². The third-order valence-electron chi connectivity index (χ3n) is 2.80. The fourth-order valence-electron chi connectivity index (χ4n) is 1.96. The van der Waals surface area contributed by atoms with Crippen LogP contribution in [0, 0.1) is 6.92 Å². The van der Waals surface area contributed by atoms with E-state index in [1.165, 1.54) is 0 Å². The van der Waals surface area contributed by atoms with Gasteiger partial charge in [0.25, 0.3) is 0 Å². The van der Waals surface area contributed by atoms with E-state index in [-0.39, 0.29) is 17.3 Å². The molecule has 0 saturated heterocycles. The van der Waals surface area contributed by atoms with Gasteiger partial charge in [-0.05, 0) is 6.92 Å². The van der Waals surface area contributed by atoms with Crippen LogP contribution in [0.5, 0.6) is 0 Å². The zero-order valence-electron chi connectivity index (χ0n) is 10.5. The zero-order chi connectivity index (χ0) is 14.3. The van der Waals surface area contributed by atoms with E-state index in [9.17, 15) is 8.42 Å². The van der Waals surface area contributed by atoms with Gasteiger partial charge in [0.2, 0.25) is 0 Å². The van der Waals surface area contributed by atoms with Gasteiger partial charge in [-0.25, -0.2) is 14.7 Å². The van der Waals surface area contributed by atoms with E-state index < -0.39 is 10.2 Å². The Bertz CT molecular complexity index is 815. The Morgan fingerprint density at radius 2 is 1.80 bits per heavy atom. The molecule has 0 aliphatic carbocycles. The van der Waals surface area contributed by atoms with Crippen molar-refractivity contribution in [2.45, 2.75) is 6.92 Å². The van der Waals surface area contributed by atoms with Crippen LogP contribution in [-0.4, -0.2) is 24.2 Å². The van der Waals surface area contributed by atoms with Crippen LogP contribution >= 0.6 is 0 Å². The van der Waals surface area contributed by atoms with Crippen molar-refractivity contribution >= 4 is 21.9 Å². The van der Waals surface area contributed by atoms with Gasteiger partial charge in [-0.3, -0.25) is 0 Å². The van der Waals surface area contributed by atoms with Gasteiger partial charge in [0.1, 0.15) is 5.69 Å². The fraction of sp³-hybridized carbons (Fsp3) is 0.0833. The number of anilines is 1. The maximum atomic E-state index is 11.5. The summed E-state index contributed by atoms with van der Waals surface area (Å²) in [4.78, 5) is 8.61.